The number of benzene rings is 3. The first-order chi connectivity index (χ1) is 14.0. The van der Waals surface area contributed by atoms with E-state index >= 15 is 0 Å². The quantitative estimate of drug-likeness (QED) is 0.240. The minimum absolute atomic E-state index is 0. The molecule has 9 heteroatoms. The number of nitrogens with zero attached hydrogens (tertiary/aromatic N) is 1. The summed E-state index contributed by atoms with van der Waals surface area (Å²) in [6.07, 6.45) is 0. The summed E-state index contributed by atoms with van der Waals surface area (Å²) in [5, 5.41) is 3.02. The molecule has 0 aromatic heterocycles. The van der Waals surface area contributed by atoms with Crippen molar-refractivity contribution in [2.75, 3.05) is 12.4 Å². The predicted octanol–water partition coefficient (Wildman–Crippen LogP) is 3.93. The monoisotopic (exact) mass is 538 g/mol. The molecule has 0 bridgehead atoms. The number of nitrogens with two attached hydrogens (primary N) is 1. The number of sulfonamides is 1. The second-order valence-corrected chi connectivity index (χ2v) is 8.01. The Morgan fingerprint density at radius 2 is 1.63 bits per heavy atom. The summed E-state index contributed by atoms with van der Waals surface area (Å²) in [5.74, 6) is 1.67. The van der Waals surface area contributed by atoms with Crippen molar-refractivity contribution in [2.24, 2.45) is 10.7 Å². The predicted molar refractivity (Wildman–Crippen MR) is 130 cm³/mol. The zero-order chi connectivity index (χ0) is 20.7. The number of anilines is 1. The van der Waals surface area contributed by atoms with Crippen LogP contribution < -0.4 is 20.5 Å². The molecular weight excluding hydrogens is 515 g/mol. The van der Waals surface area contributed by atoms with Gasteiger partial charge < -0.3 is 15.8 Å². The topological polar surface area (TPSA) is 106 Å². The van der Waals surface area contributed by atoms with Crippen molar-refractivity contribution in [3.8, 4) is 11.5 Å². The molecule has 3 aromatic rings. The number of nitrogens with one attached hydrogen (secondary N) is 2. The van der Waals surface area contributed by atoms with Gasteiger partial charge in [0.05, 0.1) is 11.4 Å². The molecule has 3 aromatic carbocycles. The molecule has 4 N–H and O–H groups in total. The Bertz CT molecular complexity index is 1090. The summed E-state index contributed by atoms with van der Waals surface area (Å²) < 4.78 is 31.6. The molecule has 0 heterocycles. The maximum Gasteiger partial charge on any atom is 0.240 e. The number of guanidine groups is 1. The van der Waals surface area contributed by atoms with Gasteiger partial charge in [-0.2, -0.15) is 0 Å². The molecular formula is C21H23IN4O3S. The van der Waals surface area contributed by atoms with Crippen LogP contribution in [0.3, 0.4) is 0 Å². The molecule has 0 aliphatic heterocycles. The smallest absolute Gasteiger partial charge is 0.240 e. The molecule has 158 valence electrons. The first kappa shape index (κ1) is 23.6. The Kier molecular flexibility index (Phi) is 8.63. The highest BCUT2D eigenvalue weighted by molar-refractivity contribution is 14.0. The van der Waals surface area contributed by atoms with E-state index in [9.17, 15) is 8.42 Å². The molecule has 0 radical (unpaired) electrons. The maximum atomic E-state index is 11.7. The summed E-state index contributed by atoms with van der Waals surface area (Å²) in [4.78, 5) is 4.50. The van der Waals surface area contributed by atoms with E-state index in [0.717, 1.165) is 17.0 Å². The van der Waals surface area contributed by atoms with Crippen LogP contribution in [0.2, 0.25) is 0 Å². The molecule has 0 saturated heterocycles. The van der Waals surface area contributed by atoms with Crippen molar-refractivity contribution in [1.29, 1.82) is 0 Å². The van der Waals surface area contributed by atoms with Crippen LogP contribution in [-0.2, 0) is 16.6 Å². The number of para-hydroxylation sites is 1. The lowest BCUT2D eigenvalue weighted by Crippen LogP contribution is -2.22. The van der Waals surface area contributed by atoms with Gasteiger partial charge in [-0.05, 0) is 49.0 Å². The van der Waals surface area contributed by atoms with Gasteiger partial charge in [-0.15, -0.1) is 24.0 Å². The Morgan fingerprint density at radius 1 is 0.967 bits per heavy atom. The van der Waals surface area contributed by atoms with E-state index < -0.39 is 10.0 Å². The number of aliphatic imine (C=N–C) groups is 1. The molecule has 30 heavy (non-hydrogen) atoms. The highest BCUT2D eigenvalue weighted by atomic mass is 127. The Morgan fingerprint density at radius 3 is 2.30 bits per heavy atom. The summed E-state index contributed by atoms with van der Waals surface area (Å²) in [5.41, 5.74) is 7.55. The number of hydrogen-bond acceptors (Lipinski definition) is 4. The van der Waals surface area contributed by atoms with Crippen LogP contribution in [0.25, 0.3) is 0 Å². The Hall–Kier alpha value is -2.63. The van der Waals surface area contributed by atoms with Crippen molar-refractivity contribution in [2.45, 2.75) is 11.4 Å². The van der Waals surface area contributed by atoms with Crippen molar-refractivity contribution in [3.63, 3.8) is 0 Å². The van der Waals surface area contributed by atoms with Gasteiger partial charge in [0.1, 0.15) is 11.5 Å². The van der Waals surface area contributed by atoms with Gasteiger partial charge >= 0.3 is 0 Å². The van der Waals surface area contributed by atoms with Crippen molar-refractivity contribution >= 4 is 45.6 Å². The molecule has 0 saturated carbocycles. The van der Waals surface area contributed by atoms with E-state index in [0.29, 0.717) is 12.3 Å². The molecule has 3 rings (SSSR count). The summed E-state index contributed by atoms with van der Waals surface area (Å²) in [6.45, 7) is 0.318. The van der Waals surface area contributed by atoms with Crippen LogP contribution in [0, 0.1) is 0 Å². The lowest BCUT2D eigenvalue weighted by Gasteiger charge is -2.09. The molecule has 0 atom stereocenters. The van der Waals surface area contributed by atoms with Gasteiger partial charge in [-0.3, -0.25) is 0 Å². The SMILES string of the molecule is CNS(=O)(=O)c1ccc(CN=C(N)Nc2cccc(Oc3ccccc3)c2)cc1.I. The van der Waals surface area contributed by atoms with Crippen molar-refractivity contribution in [1.82, 2.24) is 4.72 Å². The molecule has 0 amide bonds. The minimum atomic E-state index is -3.45. The first-order valence-electron chi connectivity index (χ1n) is 8.89. The van der Waals surface area contributed by atoms with E-state index in [4.69, 9.17) is 10.5 Å². The molecule has 0 aliphatic carbocycles. The lowest BCUT2D eigenvalue weighted by atomic mass is 10.2. The number of rotatable bonds is 7. The summed E-state index contributed by atoms with van der Waals surface area (Å²) in [7, 11) is -2.07. The van der Waals surface area contributed by atoms with E-state index in [1.54, 1.807) is 12.1 Å². The average Bonchev–Trinajstić information content (AvgIpc) is 2.73. The standard InChI is InChI=1S/C21H22N4O3S.HI/c1-23-29(26,27)20-12-10-16(11-13-20)15-24-21(22)25-17-6-5-9-19(14-17)28-18-7-3-2-4-8-18;/h2-14,23H,15H2,1H3,(H3,22,24,25);1H. The van der Waals surface area contributed by atoms with Crippen LogP contribution in [-0.4, -0.2) is 21.4 Å². The first-order valence-corrected chi connectivity index (χ1v) is 10.4. The van der Waals surface area contributed by atoms with Gasteiger partial charge in [0.2, 0.25) is 10.0 Å². The third-order valence-electron chi connectivity index (χ3n) is 4.02. The van der Waals surface area contributed by atoms with Crippen molar-refractivity contribution < 1.29 is 13.2 Å². The van der Waals surface area contributed by atoms with Crippen LogP contribution in [0.4, 0.5) is 5.69 Å². The highest BCUT2D eigenvalue weighted by Gasteiger charge is 2.10. The summed E-state index contributed by atoms with van der Waals surface area (Å²) in [6, 6.07) is 23.4. The van der Waals surface area contributed by atoms with Crippen molar-refractivity contribution in [3.05, 3.63) is 84.4 Å². The lowest BCUT2D eigenvalue weighted by molar-refractivity contribution is 0.483. The molecule has 7 nitrogen and oxygen atoms in total. The van der Waals surface area contributed by atoms with Crippen LogP contribution in [0.5, 0.6) is 11.5 Å². The largest absolute Gasteiger partial charge is 0.457 e. The van der Waals surface area contributed by atoms with Crippen LogP contribution in [0.1, 0.15) is 5.56 Å². The second kappa shape index (κ2) is 11.0. The van der Waals surface area contributed by atoms with Gasteiger partial charge in [-0.1, -0.05) is 36.4 Å². The maximum absolute atomic E-state index is 11.7. The number of halogens is 1. The van der Waals surface area contributed by atoms with Gasteiger partial charge in [-0.25, -0.2) is 18.1 Å². The minimum Gasteiger partial charge on any atom is -0.457 e. The highest BCUT2D eigenvalue weighted by Crippen LogP contribution is 2.23. The fraction of sp³-hybridized carbons (Fsp3) is 0.0952. The molecule has 0 unspecified atom stereocenters. The third kappa shape index (κ3) is 6.71. The zero-order valence-electron chi connectivity index (χ0n) is 16.3. The van der Waals surface area contributed by atoms with E-state index in [-0.39, 0.29) is 34.8 Å². The van der Waals surface area contributed by atoms with E-state index in [1.165, 1.54) is 19.2 Å². The number of ether oxygens (including phenoxy) is 1. The average molecular weight is 538 g/mol. The van der Waals surface area contributed by atoms with E-state index in [1.807, 2.05) is 54.6 Å². The Balaban J connectivity index is 0.00000320. The zero-order valence-corrected chi connectivity index (χ0v) is 19.4. The van der Waals surface area contributed by atoms with Gasteiger partial charge in [0.25, 0.3) is 0 Å². The third-order valence-corrected chi connectivity index (χ3v) is 5.45. The molecule has 0 aliphatic rings. The van der Waals surface area contributed by atoms with Gasteiger partial charge in [0.15, 0.2) is 5.96 Å². The van der Waals surface area contributed by atoms with Crippen LogP contribution >= 0.6 is 24.0 Å². The normalized spacial score (nSPS) is 11.4. The fourth-order valence-electron chi connectivity index (χ4n) is 2.52. The second-order valence-electron chi connectivity index (χ2n) is 6.12. The van der Waals surface area contributed by atoms with Crippen LogP contribution in [0.15, 0.2) is 88.8 Å². The van der Waals surface area contributed by atoms with Gasteiger partial charge in [0, 0.05) is 11.8 Å². The van der Waals surface area contributed by atoms with E-state index in [2.05, 4.69) is 15.0 Å². The molecule has 0 fully saturated rings. The fourth-order valence-corrected chi connectivity index (χ4v) is 3.25. The molecule has 0 spiro atoms. The number of hydrogen-bond donors (Lipinski definition) is 3. The Labute approximate surface area is 193 Å². The summed E-state index contributed by atoms with van der Waals surface area (Å²) >= 11 is 0.